The van der Waals surface area contributed by atoms with Crippen LogP contribution in [0.3, 0.4) is 0 Å². The second kappa shape index (κ2) is 4.61. The van der Waals surface area contributed by atoms with Crippen molar-refractivity contribution in [1.82, 2.24) is 30.0 Å². The summed E-state index contributed by atoms with van der Waals surface area (Å²) in [5, 5.41) is 16.6. The van der Waals surface area contributed by atoms with Gasteiger partial charge in [-0.3, -0.25) is 4.68 Å². The molecule has 0 radical (unpaired) electrons. The van der Waals surface area contributed by atoms with Gasteiger partial charge in [0.15, 0.2) is 5.82 Å². The van der Waals surface area contributed by atoms with Crippen LogP contribution in [0.2, 0.25) is 5.02 Å². The van der Waals surface area contributed by atoms with E-state index in [0.717, 1.165) is 16.9 Å². The van der Waals surface area contributed by atoms with Gasteiger partial charge < -0.3 is 5.73 Å². The number of nitrogens with zero attached hydrogens (tertiary/aromatic N) is 6. The molecule has 0 unspecified atom stereocenters. The van der Waals surface area contributed by atoms with Gasteiger partial charge in [-0.25, -0.2) is 0 Å². The Bertz CT molecular complexity index is 774. The van der Waals surface area contributed by atoms with Crippen molar-refractivity contribution in [1.29, 1.82) is 0 Å². The van der Waals surface area contributed by atoms with E-state index >= 15 is 0 Å². The number of rotatable bonds is 2. The molecule has 0 atom stereocenters. The summed E-state index contributed by atoms with van der Waals surface area (Å²) in [4.78, 5) is 0. The Morgan fingerprint density at radius 1 is 1.30 bits per heavy atom. The van der Waals surface area contributed by atoms with Gasteiger partial charge in [-0.1, -0.05) is 11.6 Å². The number of tetrazole rings is 1. The Morgan fingerprint density at radius 3 is 2.75 bits per heavy atom. The number of benzene rings is 1. The summed E-state index contributed by atoms with van der Waals surface area (Å²) in [7, 11) is 1.84. The average Bonchev–Trinajstić information content (AvgIpc) is 2.95. The summed E-state index contributed by atoms with van der Waals surface area (Å²) < 4.78 is 3.32. The minimum absolute atomic E-state index is 0.523. The molecule has 0 aliphatic heterocycles. The van der Waals surface area contributed by atoms with Gasteiger partial charge in [-0.05, 0) is 35.5 Å². The smallest absolute Gasteiger partial charge is 0.189 e. The molecule has 0 saturated heterocycles. The molecular weight excluding hydrogens is 278 g/mol. The molecule has 7 nitrogen and oxygen atoms in total. The number of halogens is 1. The van der Waals surface area contributed by atoms with Gasteiger partial charge in [0.05, 0.1) is 11.9 Å². The SMILES string of the molecule is Cc1nn(C)cc1-n1nnnc1-c1ccc(Cl)cc1N. The van der Waals surface area contributed by atoms with E-state index in [1.165, 1.54) is 0 Å². The molecule has 8 heteroatoms. The minimum atomic E-state index is 0.523. The third-order valence-corrected chi connectivity index (χ3v) is 3.17. The monoisotopic (exact) mass is 289 g/mol. The van der Waals surface area contributed by atoms with E-state index in [2.05, 4.69) is 20.6 Å². The normalized spacial score (nSPS) is 10.9. The van der Waals surface area contributed by atoms with Crippen molar-refractivity contribution in [2.24, 2.45) is 7.05 Å². The van der Waals surface area contributed by atoms with Crippen molar-refractivity contribution in [3.05, 3.63) is 35.1 Å². The molecule has 2 heterocycles. The second-order valence-electron chi connectivity index (χ2n) is 4.42. The van der Waals surface area contributed by atoms with E-state index in [1.54, 1.807) is 27.6 Å². The Hall–Kier alpha value is -2.41. The van der Waals surface area contributed by atoms with Crippen LogP contribution in [0.1, 0.15) is 5.69 Å². The van der Waals surface area contributed by atoms with Crippen LogP contribution in [0.4, 0.5) is 5.69 Å². The van der Waals surface area contributed by atoms with Crippen LogP contribution >= 0.6 is 11.6 Å². The molecule has 0 aliphatic carbocycles. The zero-order chi connectivity index (χ0) is 14.3. The first-order chi connectivity index (χ1) is 9.56. The van der Waals surface area contributed by atoms with Gasteiger partial charge in [0.2, 0.25) is 0 Å². The lowest BCUT2D eigenvalue weighted by Gasteiger charge is -2.06. The molecule has 0 fully saturated rings. The van der Waals surface area contributed by atoms with Gasteiger partial charge in [0, 0.05) is 23.3 Å². The lowest BCUT2D eigenvalue weighted by molar-refractivity contribution is 0.755. The number of aromatic nitrogens is 6. The summed E-state index contributed by atoms with van der Waals surface area (Å²) in [5.41, 5.74) is 8.87. The summed E-state index contributed by atoms with van der Waals surface area (Å²) in [6.45, 7) is 1.89. The number of hydrogen-bond acceptors (Lipinski definition) is 5. The van der Waals surface area contributed by atoms with Gasteiger partial charge in [-0.15, -0.1) is 5.10 Å². The molecule has 0 saturated carbocycles. The van der Waals surface area contributed by atoms with Crippen LogP contribution in [-0.4, -0.2) is 30.0 Å². The summed E-state index contributed by atoms with van der Waals surface area (Å²) in [6.07, 6.45) is 1.85. The van der Waals surface area contributed by atoms with Gasteiger partial charge in [-0.2, -0.15) is 9.78 Å². The maximum Gasteiger partial charge on any atom is 0.189 e. The summed E-state index contributed by atoms with van der Waals surface area (Å²) in [6, 6.07) is 5.22. The molecule has 3 rings (SSSR count). The first-order valence-electron chi connectivity index (χ1n) is 5.90. The molecule has 20 heavy (non-hydrogen) atoms. The van der Waals surface area contributed by atoms with Crippen molar-refractivity contribution < 1.29 is 0 Å². The first kappa shape index (κ1) is 12.6. The minimum Gasteiger partial charge on any atom is -0.398 e. The van der Waals surface area contributed by atoms with E-state index in [4.69, 9.17) is 17.3 Å². The number of anilines is 1. The van der Waals surface area contributed by atoms with Crippen LogP contribution in [0, 0.1) is 6.92 Å². The van der Waals surface area contributed by atoms with Crippen molar-refractivity contribution in [3.63, 3.8) is 0 Å². The fourth-order valence-electron chi connectivity index (χ4n) is 2.05. The number of hydrogen-bond donors (Lipinski definition) is 1. The Morgan fingerprint density at radius 2 is 2.10 bits per heavy atom. The highest BCUT2D eigenvalue weighted by atomic mass is 35.5. The van der Waals surface area contributed by atoms with Gasteiger partial charge in [0.25, 0.3) is 0 Å². The van der Waals surface area contributed by atoms with Crippen LogP contribution in [0.5, 0.6) is 0 Å². The predicted molar refractivity (Wildman–Crippen MR) is 75.5 cm³/mol. The zero-order valence-electron chi connectivity index (χ0n) is 10.9. The number of nitrogens with two attached hydrogens (primary N) is 1. The van der Waals surface area contributed by atoms with E-state index in [-0.39, 0.29) is 0 Å². The summed E-state index contributed by atoms with van der Waals surface area (Å²) in [5.74, 6) is 0.551. The van der Waals surface area contributed by atoms with Crippen molar-refractivity contribution >= 4 is 17.3 Å². The lowest BCUT2D eigenvalue weighted by Crippen LogP contribution is -2.02. The molecule has 0 bridgehead atoms. The van der Waals surface area contributed by atoms with Crippen molar-refractivity contribution in [3.8, 4) is 17.1 Å². The molecule has 3 aromatic rings. The quantitative estimate of drug-likeness (QED) is 0.724. The molecule has 0 spiro atoms. The Balaban J connectivity index is 2.17. The highest BCUT2D eigenvalue weighted by Crippen LogP contribution is 2.28. The highest BCUT2D eigenvalue weighted by molar-refractivity contribution is 6.31. The number of nitrogen functional groups attached to an aromatic ring is 1. The molecule has 2 N–H and O–H groups in total. The first-order valence-corrected chi connectivity index (χ1v) is 6.28. The molecule has 102 valence electrons. The zero-order valence-corrected chi connectivity index (χ0v) is 11.7. The third kappa shape index (κ3) is 2.01. The molecule has 2 aromatic heterocycles. The fourth-order valence-corrected chi connectivity index (χ4v) is 2.23. The largest absolute Gasteiger partial charge is 0.398 e. The Labute approximate surface area is 120 Å². The van der Waals surface area contributed by atoms with Crippen LogP contribution < -0.4 is 5.73 Å². The number of aryl methyl sites for hydroxylation is 2. The molecular formula is C12H12ClN7. The average molecular weight is 290 g/mol. The standard InChI is InChI=1S/C12H12ClN7/c1-7-11(6-19(2)16-7)20-12(15-17-18-20)9-4-3-8(13)5-10(9)14/h3-6H,14H2,1-2H3. The molecule has 0 aliphatic rings. The summed E-state index contributed by atoms with van der Waals surface area (Å²) >= 11 is 5.91. The maximum absolute atomic E-state index is 5.99. The maximum atomic E-state index is 5.99. The second-order valence-corrected chi connectivity index (χ2v) is 4.86. The van der Waals surface area contributed by atoms with Crippen molar-refractivity contribution in [2.45, 2.75) is 6.92 Å². The highest BCUT2D eigenvalue weighted by Gasteiger charge is 2.16. The van der Waals surface area contributed by atoms with Crippen molar-refractivity contribution in [2.75, 3.05) is 5.73 Å². The van der Waals surface area contributed by atoms with Crippen LogP contribution in [0.15, 0.2) is 24.4 Å². The fraction of sp³-hybridized carbons (Fsp3) is 0.167. The van der Waals surface area contributed by atoms with Crippen LogP contribution in [0.25, 0.3) is 17.1 Å². The van der Waals surface area contributed by atoms with E-state index in [0.29, 0.717) is 16.5 Å². The van der Waals surface area contributed by atoms with E-state index in [9.17, 15) is 0 Å². The molecule has 1 aromatic carbocycles. The predicted octanol–water partition coefficient (Wildman–Crippen LogP) is 1.61. The topological polar surface area (TPSA) is 87.4 Å². The van der Waals surface area contributed by atoms with Gasteiger partial charge >= 0.3 is 0 Å². The third-order valence-electron chi connectivity index (χ3n) is 2.94. The van der Waals surface area contributed by atoms with Gasteiger partial charge in [0.1, 0.15) is 5.69 Å². The van der Waals surface area contributed by atoms with E-state index in [1.807, 2.05) is 20.2 Å². The Kier molecular flexibility index (Phi) is 2.90. The lowest BCUT2D eigenvalue weighted by atomic mass is 10.1. The molecule has 0 amide bonds. The van der Waals surface area contributed by atoms with E-state index < -0.39 is 0 Å². The van der Waals surface area contributed by atoms with Crippen LogP contribution in [-0.2, 0) is 7.05 Å².